The molecule has 1 fully saturated rings. The van der Waals surface area contributed by atoms with Crippen LogP contribution < -0.4 is 9.64 Å². The molecule has 0 spiro atoms. The van der Waals surface area contributed by atoms with Crippen molar-refractivity contribution >= 4 is 5.69 Å². The van der Waals surface area contributed by atoms with Crippen LogP contribution in [0.5, 0.6) is 5.75 Å². The molecule has 6 heteroatoms. The summed E-state index contributed by atoms with van der Waals surface area (Å²) in [5.41, 5.74) is 1.76. The highest BCUT2D eigenvalue weighted by Gasteiger charge is 2.29. The number of hydrogen-bond donors (Lipinski definition) is 0. The molecule has 1 aliphatic rings. The maximum atomic E-state index is 12.3. The van der Waals surface area contributed by atoms with Gasteiger partial charge in [0.15, 0.2) is 6.61 Å². The molecule has 3 nitrogen and oxygen atoms in total. The van der Waals surface area contributed by atoms with Gasteiger partial charge in [-0.15, -0.1) is 0 Å². The van der Waals surface area contributed by atoms with Crippen LogP contribution in [0.4, 0.5) is 18.9 Å². The lowest BCUT2D eigenvalue weighted by Gasteiger charge is -2.35. The predicted octanol–water partition coefficient (Wildman–Crippen LogP) is 2.69. The van der Waals surface area contributed by atoms with Gasteiger partial charge < -0.3 is 14.5 Å². The molecule has 0 amide bonds. The normalized spacial score (nSPS) is 17.4. The van der Waals surface area contributed by atoms with Gasteiger partial charge in [-0.3, -0.25) is 0 Å². The first-order valence-corrected chi connectivity index (χ1v) is 6.59. The Balaban J connectivity index is 2.15. The molecule has 0 atom stereocenters. The molecule has 112 valence electrons. The number of ether oxygens (including phenoxy) is 1. The van der Waals surface area contributed by atoms with Crippen LogP contribution in [0, 0.1) is 6.92 Å². The molecule has 0 aliphatic carbocycles. The summed E-state index contributed by atoms with van der Waals surface area (Å²) in [6.07, 6.45) is -4.32. The molecule has 1 saturated heterocycles. The first-order chi connectivity index (χ1) is 9.35. The zero-order chi connectivity index (χ0) is 14.8. The molecule has 0 N–H and O–H groups in total. The van der Waals surface area contributed by atoms with Crippen molar-refractivity contribution in [1.82, 2.24) is 4.90 Å². The largest absolute Gasteiger partial charge is 0.482 e. The molecule has 2 rings (SSSR count). The van der Waals surface area contributed by atoms with Crippen LogP contribution in [-0.4, -0.2) is 50.9 Å². The Kier molecular flexibility index (Phi) is 4.42. The summed E-state index contributed by atoms with van der Waals surface area (Å²) in [5, 5.41) is 0. The summed E-state index contributed by atoms with van der Waals surface area (Å²) in [6.45, 7) is 4.05. The Bertz CT molecular complexity index is 454. The minimum Gasteiger partial charge on any atom is -0.482 e. The number of hydrogen-bond acceptors (Lipinski definition) is 3. The number of piperazine rings is 1. The Morgan fingerprint density at radius 1 is 1.15 bits per heavy atom. The van der Waals surface area contributed by atoms with Gasteiger partial charge in [0.25, 0.3) is 0 Å². The molecule has 1 heterocycles. The van der Waals surface area contributed by atoms with Crippen molar-refractivity contribution in [2.24, 2.45) is 0 Å². The molecule has 1 aromatic carbocycles. The molecule has 0 bridgehead atoms. The van der Waals surface area contributed by atoms with E-state index >= 15 is 0 Å². The number of likely N-dealkylation sites (N-methyl/N-ethyl adjacent to an activating group) is 1. The molecule has 0 aromatic heterocycles. The van der Waals surface area contributed by atoms with Crippen molar-refractivity contribution in [3.63, 3.8) is 0 Å². The zero-order valence-electron chi connectivity index (χ0n) is 11.7. The van der Waals surface area contributed by atoms with E-state index < -0.39 is 12.8 Å². The van der Waals surface area contributed by atoms with Gasteiger partial charge in [0.1, 0.15) is 5.75 Å². The van der Waals surface area contributed by atoms with Crippen LogP contribution in [0.15, 0.2) is 18.2 Å². The fourth-order valence-electron chi connectivity index (χ4n) is 2.20. The number of nitrogens with zero attached hydrogens (tertiary/aromatic N) is 2. The number of anilines is 1. The second-order valence-corrected chi connectivity index (χ2v) is 5.17. The van der Waals surface area contributed by atoms with E-state index in [2.05, 4.69) is 9.80 Å². The number of rotatable bonds is 3. The molecule has 1 aliphatic heterocycles. The second-order valence-electron chi connectivity index (χ2n) is 5.17. The van der Waals surface area contributed by atoms with Crippen molar-refractivity contribution in [3.8, 4) is 5.75 Å². The lowest BCUT2D eigenvalue weighted by Crippen LogP contribution is -2.44. The summed E-state index contributed by atoms with van der Waals surface area (Å²) in [4.78, 5) is 4.28. The molecule has 0 radical (unpaired) electrons. The lowest BCUT2D eigenvalue weighted by atomic mass is 10.1. The first kappa shape index (κ1) is 15.0. The van der Waals surface area contributed by atoms with E-state index in [0.29, 0.717) is 5.75 Å². The highest BCUT2D eigenvalue weighted by molar-refractivity contribution is 5.60. The zero-order valence-corrected chi connectivity index (χ0v) is 11.7. The minimum absolute atomic E-state index is 0.303. The van der Waals surface area contributed by atoms with Gasteiger partial charge in [-0.2, -0.15) is 13.2 Å². The van der Waals surface area contributed by atoms with Crippen LogP contribution >= 0.6 is 0 Å². The molecule has 1 aromatic rings. The molecule has 0 unspecified atom stereocenters. The van der Waals surface area contributed by atoms with Gasteiger partial charge in [0, 0.05) is 26.2 Å². The van der Waals surface area contributed by atoms with E-state index in [1.54, 1.807) is 12.1 Å². The quantitative estimate of drug-likeness (QED) is 0.850. The van der Waals surface area contributed by atoms with E-state index in [1.807, 2.05) is 20.0 Å². The number of halogens is 3. The van der Waals surface area contributed by atoms with E-state index in [9.17, 15) is 13.2 Å². The third-order valence-corrected chi connectivity index (χ3v) is 3.35. The number of alkyl halides is 3. The minimum atomic E-state index is -4.32. The Labute approximate surface area is 116 Å². The summed E-state index contributed by atoms with van der Waals surface area (Å²) < 4.78 is 41.9. The fourth-order valence-corrected chi connectivity index (χ4v) is 2.20. The van der Waals surface area contributed by atoms with Gasteiger partial charge >= 0.3 is 6.18 Å². The maximum Gasteiger partial charge on any atom is 0.422 e. The van der Waals surface area contributed by atoms with Crippen molar-refractivity contribution < 1.29 is 17.9 Å². The SMILES string of the molecule is Cc1ccc(OCC(F)(F)F)c(N2CCN(C)CC2)c1. The third-order valence-electron chi connectivity index (χ3n) is 3.35. The predicted molar refractivity (Wildman–Crippen MR) is 72.4 cm³/mol. The molecular weight excluding hydrogens is 269 g/mol. The van der Waals surface area contributed by atoms with Crippen molar-refractivity contribution in [2.75, 3.05) is 44.7 Å². The topological polar surface area (TPSA) is 15.7 Å². The molecule has 0 saturated carbocycles. The number of benzene rings is 1. The van der Waals surface area contributed by atoms with Crippen molar-refractivity contribution in [3.05, 3.63) is 23.8 Å². The van der Waals surface area contributed by atoms with Gasteiger partial charge in [0.2, 0.25) is 0 Å². The molecular formula is C14H19F3N2O. The van der Waals surface area contributed by atoms with Crippen molar-refractivity contribution in [2.45, 2.75) is 13.1 Å². The van der Waals surface area contributed by atoms with Gasteiger partial charge in [-0.1, -0.05) is 6.07 Å². The van der Waals surface area contributed by atoms with Crippen LogP contribution in [0.3, 0.4) is 0 Å². The standard InChI is InChI=1S/C14H19F3N2O/c1-11-3-4-13(20-10-14(15,16)17)12(9-11)19-7-5-18(2)6-8-19/h3-4,9H,5-8,10H2,1-2H3. The van der Waals surface area contributed by atoms with Gasteiger partial charge in [-0.25, -0.2) is 0 Å². The van der Waals surface area contributed by atoms with E-state index in [4.69, 9.17) is 4.74 Å². The Hall–Kier alpha value is -1.43. The number of aryl methyl sites for hydroxylation is 1. The Morgan fingerprint density at radius 3 is 2.40 bits per heavy atom. The fraction of sp³-hybridized carbons (Fsp3) is 0.571. The second kappa shape index (κ2) is 5.91. The lowest BCUT2D eigenvalue weighted by molar-refractivity contribution is -0.153. The Morgan fingerprint density at radius 2 is 1.80 bits per heavy atom. The highest BCUT2D eigenvalue weighted by Crippen LogP contribution is 2.31. The first-order valence-electron chi connectivity index (χ1n) is 6.59. The third kappa shape index (κ3) is 4.03. The van der Waals surface area contributed by atoms with Crippen LogP contribution in [0.1, 0.15) is 5.56 Å². The summed E-state index contributed by atoms with van der Waals surface area (Å²) >= 11 is 0. The summed E-state index contributed by atoms with van der Waals surface area (Å²) in [5.74, 6) is 0.303. The van der Waals surface area contributed by atoms with Crippen LogP contribution in [0.25, 0.3) is 0 Å². The average molecular weight is 288 g/mol. The van der Waals surface area contributed by atoms with E-state index in [1.165, 1.54) is 0 Å². The maximum absolute atomic E-state index is 12.3. The van der Waals surface area contributed by atoms with Crippen molar-refractivity contribution in [1.29, 1.82) is 0 Å². The smallest absolute Gasteiger partial charge is 0.422 e. The van der Waals surface area contributed by atoms with Crippen LogP contribution in [-0.2, 0) is 0 Å². The monoisotopic (exact) mass is 288 g/mol. The average Bonchev–Trinajstić information content (AvgIpc) is 2.37. The molecule has 20 heavy (non-hydrogen) atoms. The van der Waals surface area contributed by atoms with E-state index in [0.717, 1.165) is 37.4 Å². The highest BCUT2D eigenvalue weighted by atomic mass is 19.4. The van der Waals surface area contributed by atoms with Crippen LogP contribution in [0.2, 0.25) is 0 Å². The van der Waals surface area contributed by atoms with Gasteiger partial charge in [0.05, 0.1) is 5.69 Å². The van der Waals surface area contributed by atoms with E-state index in [-0.39, 0.29) is 0 Å². The summed E-state index contributed by atoms with van der Waals surface area (Å²) in [7, 11) is 2.04. The summed E-state index contributed by atoms with van der Waals surface area (Å²) in [6, 6.07) is 5.27. The van der Waals surface area contributed by atoms with Gasteiger partial charge in [-0.05, 0) is 31.7 Å².